The number of benzene rings is 1. The van der Waals surface area contributed by atoms with Crippen molar-refractivity contribution in [1.29, 1.82) is 0 Å². The van der Waals surface area contributed by atoms with Gasteiger partial charge in [0.15, 0.2) is 0 Å². The summed E-state index contributed by atoms with van der Waals surface area (Å²) in [5.41, 5.74) is 1.67. The van der Waals surface area contributed by atoms with Gasteiger partial charge in [-0.25, -0.2) is 0 Å². The molecule has 62 valence electrons. The number of hydrogen-bond donors (Lipinski definition) is 1. The Bertz CT molecular complexity index is 317. The van der Waals surface area contributed by atoms with Crippen LogP contribution in [0.2, 0.25) is 5.02 Å². The van der Waals surface area contributed by atoms with E-state index in [1.54, 1.807) is 0 Å². The first-order chi connectivity index (χ1) is 5.78. The Kier molecular flexibility index (Phi) is 1.18. The number of rotatable bonds is 1. The molecule has 0 spiro atoms. The van der Waals surface area contributed by atoms with E-state index >= 15 is 0 Å². The zero-order chi connectivity index (χ0) is 8.18. The SMILES string of the molecule is Clc1cccc(C23CC(C2)N3)c1. The Hall–Kier alpha value is -0.530. The molecule has 3 aliphatic rings. The minimum atomic E-state index is 0.315. The fourth-order valence-electron chi connectivity index (χ4n) is 2.24. The normalized spacial score (nSPS) is 36.9. The van der Waals surface area contributed by atoms with Gasteiger partial charge in [0.2, 0.25) is 0 Å². The summed E-state index contributed by atoms with van der Waals surface area (Å²) >= 11 is 5.92. The van der Waals surface area contributed by atoms with Gasteiger partial charge >= 0.3 is 0 Å². The monoisotopic (exact) mass is 179 g/mol. The largest absolute Gasteiger partial charge is 0.304 e. The first kappa shape index (κ1) is 6.93. The van der Waals surface area contributed by atoms with Crippen LogP contribution >= 0.6 is 11.6 Å². The van der Waals surface area contributed by atoms with Crippen LogP contribution in [-0.2, 0) is 5.54 Å². The molecule has 0 atom stereocenters. The van der Waals surface area contributed by atoms with Gasteiger partial charge in [-0.15, -0.1) is 0 Å². The lowest BCUT2D eigenvalue weighted by Gasteiger charge is -2.63. The highest BCUT2D eigenvalue weighted by molar-refractivity contribution is 6.30. The van der Waals surface area contributed by atoms with Crippen LogP contribution in [0.1, 0.15) is 18.4 Å². The summed E-state index contributed by atoms with van der Waals surface area (Å²) in [6.07, 6.45) is 2.60. The maximum atomic E-state index is 5.92. The molecule has 1 nitrogen and oxygen atoms in total. The Morgan fingerprint density at radius 3 is 2.67 bits per heavy atom. The van der Waals surface area contributed by atoms with Crippen LogP contribution in [0.3, 0.4) is 0 Å². The van der Waals surface area contributed by atoms with Gasteiger partial charge in [0.25, 0.3) is 0 Å². The van der Waals surface area contributed by atoms with Crippen molar-refractivity contribution in [3.05, 3.63) is 34.9 Å². The molecule has 1 saturated carbocycles. The van der Waals surface area contributed by atoms with E-state index in [1.165, 1.54) is 18.4 Å². The molecule has 2 aliphatic heterocycles. The van der Waals surface area contributed by atoms with E-state index in [4.69, 9.17) is 11.6 Å². The fourth-order valence-corrected chi connectivity index (χ4v) is 2.43. The molecular formula is C10H10ClN. The Balaban J connectivity index is 2.01. The summed E-state index contributed by atoms with van der Waals surface area (Å²) in [4.78, 5) is 0. The molecule has 1 aromatic carbocycles. The molecule has 2 saturated heterocycles. The summed E-state index contributed by atoms with van der Waals surface area (Å²) < 4.78 is 0. The van der Waals surface area contributed by atoms with Crippen molar-refractivity contribution in [3.63, 3.8) is 0 Å². The first-order valence-electron chi connectivity index (χ1n) is 4.32. The number of halogens is 1. The lowest BCUT2D eigenvalue weighted by atomic mass is 9.59. The van der Waals surface area contributed by atoms with Crippen molar-refractivity contribution in [2.45, 2.75) is 24.4 Å². The zero-order valence-electron chi connectivity index (χ0n) is 6.68. The molecule has 12 heavy (non-hydrogen) atoms. The molecule has 2 heterocycles. The van der Waals surface area contributed by atoms with Crippen molar-refractivity contribution in [2.24, 2.45) is 0 Å². The molecule has 2 bridgehead atoms. The molecule has 0 radical (unpaired) electrons. The lowest BCUT2D eigenvalue weighted by molar-refractivity contribution is -0.0219. The number of nitrogens with one attached hydrogen (secondary N) is 1. The predicted octanol–water partition coefficient (Wildman–Crippen LogP) is 2.30. The lowest BCUT2D eigenvalue weighted by Crippen LogP contribution is -2.74. The summed E-state index contributed by atoms with van der Waals surface area (Å²) in [6, 6.07) is 8.98. The standard InChI is InChI=1S/C10H10ClN/c11-8-3-1-2-7(4-8)10-5-9(6-10)12-10/h1-4,9,12H,5-6H2. The third-order valence-electron chi connectivity index (χ3n) is 3.05. The minimum absolute atomic E-state index is 0.315. The highest BCUT2D eigenvalue weighted by Gasteiger charge is 2.57. The van der Waals surface area contributed by atoms with Gasteiger partial charge in [-0.3, -0.25) is 0 Å². The maximum Gasteiger partial charge on any atom is 0.0467 e. The van der Waals surface area contributed by atoms with E-state index in [0.717, 1.165) is 11.1 Å². The average Bonchev–Trinajstić information content (AvgIpc) is 1.79. The summed E-state index contributed by atoms with van der Waals surface area (Å²) in [7, 11) is 0. The number of hydrogen-bond acceptors (Lipinski definition) is 1. The van der Waals surface area contributed by atoms with Gasteiger partial charge < -0.3 is 5.32 Å². The van der Waals surface area contributed by atoms with E-state index in [2.05, 4.69) is 17.4 Å². The van der Waals surface area contributed by atoms with Crippen LogP contribution in [0.4, 0.5) is 0 Å². The van der Waals surface area contributed by atoms with Crippen molar-refractivity contribution >= 4 is 11.6 Å². The highest BCUT2D eigenvalue weighted by Crippen LogP contribution is 2.52. The van der Waals surface area contributed by atoms with Gasteiger partial charge in [0.05, 0.1) is 0 Å². The van der Waals surface area contributed by atoms with E-state index < -0.39 is 0 Å². The summed E-state index contributed by atoms with van der Waals surface area (Å²) in [5.74, 6) is 0. The van der Waals surface area contributed by atoms with Gasteiger partial charge in [-0.05, 0) is 30.5 Å². The van der Waals surface area contributed by atoms with Crippen molar-refractivity contribution in [3.8, 4) is 0 Å². The third-order valence-corrected chi connectivity index (χ3v) is 3.28. The Labute approximate surface area is 76.7 Å². The van der Waals surface area contributed by atoms with Crippen LogP contribution in [-0.4, -0.2) is 6.04 Å². The van der Waals surface area contributed by atoms with E-state index in [0.29, 0.717) is 5.54 Å². The van der Waals surface area contributed by atoms with Crippen molar-refractivity contribution < 1.29 is 0 Å². The van der Waals surface area contributed by atoms with Crippen LogP contribution < -0.4 is 5.32 Å². The first-order valence-corrected chi connectivity index (χ1v) is 4.70. The van der Waals surface area contributed by atoms with E-state index in [9.17, 15) is 0 Å². The topological polar surface area (TPSA) is 12.0 Å². The minimum Gasteiger partial charge on any atom is -0.304 e. The molecule has 0 unspecified atom stereocenters. The van der Waals surface area contributed by atoms with Crippen LogP contribution in [0.25, 0.3) is 0 Å². The van der Waals surface area contributed by atoms with Gasteiger partial charge in [-0.2, -0.15) is 0 Å². The van der Waals surface area contributed by atoms with E-state index in [1.807, 2.05) is 12.1 Å². The van der Waals surface area contributed by atoms with Crippen LogP contribution in [0, 0.1) is 0 Å². The molecular weight excluding hydrogens is 170 g/mol. The predicted molar refractivity (Wildman–Crippen MR) is 49.3 cm³/mol. The third kappa shape index (κ3) is 0.732. The van der Waals surface area contributed by atoms with Crippen LogP contribution in [0.5, 0.6) is 0 Å². The summed E-state index contributed by atoms with van der Waals surface area (Å²) in [6.45, 7) is 0. The van der Waals surface area contributed by atoms with Gasteiger partial charge in [0.1, 0.15) is 0 Å². The highest BCUT2D eigenvalue weighted by atomic mass is 35.5. The van der Waals surface area contributed by atoms with Crippen LogP contribution in [0.15, 0.2) is 24.3 Å². The molecule has 1 N–H and O–H groups in total. The molecule has 1 aromatic rings. The maximum absolute atomic E-state index is 5.92. The van der Waals surface area contributed by atoms with Crippen molar-refractivity contribution in [1.82, 2.24) is 5.32 Å². The second-order valence-corrected chi connectivity index (χ2v) is 4.28. The molecule has 0 aromatic heterocycles. The molecule has 1 aliphatic carbocycles. The average molecular weight is 180 g/mol. The summed E-state index contributed by atoms with van der Waals surface area (Å²) in [5, 5.41) is 4.35. The smallest absolute Gasteiger partial charge is 0.0467 e. The Morgan fingerprint density at radius 2 is 2.17 bits per heavy atom. The fraction of sp³-hybridized carbons (Fsp3) is 0.400. The van der Waals surface area contributed by atoms with Crippen molar-refractivity contribution in [2.75, 3.05) is 0 Å². The molecule has 2 heteroatoms. The second-order valence-electron chi connectivity index (χ2n) is 3.84. The zero-order valence-corrected chi connectivity index (χ0v) is 7.43. The second kappa shape index (κ2) is 2.04. The van der Waals surface area contributed by atoms with Gasteiger partial charge in [0, 0.05) is 16.6 Å². The van der Waals surface area contributed by atoms with E-state index in [-0.39, 0.29) is 0 Å². The molecule has 3 fully saturated rings. The quantitative estimate of drug-likeness (QED) is 0.698. The molecule has 0 amide bonds. The Morgan fingerprint density at radius 1 is 1.42 bits per heavy atom. The van der Waals surface area contributed by atoms with Gasteiger partial charge in [-0.1, -0.05) is 23.7 Å². The molecule has 4 rings (SSSR count).